The molecule has 0 aliphatic carbocycles. The van der Waals surface area contributed by atoms with Crippen molar-refractivity contribution in [2.24, 2.45) is 5.14 Å². The number of nitrogens with one attached hydrogen (secondary N) is 1. The molecular formula is C14H14N4O2S. The Bertz CT molecular complexity index is 810. The number of sulfonamides is 1. The molecule has 2 aromatic carbocycles. The van der Waals surface area contributed by atoms with Crippen LogP contribution in [0, 0.1) is 11.3 Å². The lowest BCUT2D eigenvalue weighted by Gasteiger charge is -2.09. The normalized spacial score (nSPS) is 10.9. The molecule has 0 bridgehead atoms. The first-order valence-electron chi connectivity index (χ1n) is 6.05. The van der Waals surface area contributed by atoms with E-state index in [0.717, 1.165) is 5.56 Å². The zero-order valence-corrected chi connectivity index (χ0v) is 11.9. The lowest BCUT2D eigenvalue weighted by Crippen LogP contribution is -2.13. The molecule has 7 heteroatoms. The summed E-state index contributed by atoms with van der Waals surface area (Å²) in [4.78, 5) is -0.0456. The number of nitrogens with zero attached hydrogens (tertiary/aromatic N) is 1. The van der Waals surface area contributed by atoms with E-state index in [1.54, 1.807) is 24.3 Å². The molecule has 0 aliphatic heterocycles. The van der Waals surface area contributed by atoms with Crippen molar-refractivity contribution in [1.82, 2.24) is 0 Å². The van der Waals surface area contributed by atoms with E-state index in [9.17, 15) is 8.42 Å². The van der Waals surface area contributed by atoms with Crippen LogP contribution in [-0.4, -0.2) is 8.42 Å². The maximum absolute atomic E-state index is 11.4. The number of hydrogen-bond acceptors (Lipinski definition) is 5. The topological polar surface area (TPSA) is 122 Å². The Morgan fingerprint density at radius 3 is 2.62 bits per heavy atom. The van der Waals surface area contributed by atoms with Crippen molar-refractivity contribution in [2.75, 3.05) is 11.1 Å². The van der Waals surface area contributed by atoms with Crippen molar-refractivity contribution in [3.8, 4) is 6.07 Å². The summed E-state index contributed by atoms with van der Waals surface area (Å²) in [6, 6.07) is 13.5. The third-order valence-corrected chi connectivity index (χ3v) is 3.70. The molecule has 0 aliphatic rings. The molecule has 0 radical (unpaired) electrons. The van der Waals surface area contributed by atoms with Gasteiger partial charge in [0.05, 0.1) is 16.5 Å². The molecule has 0 saturated carbocycles. The lowest BCUT2D eigenvalue weighted by molar-refractivity contribution is 0.598. The number of rotatable bonds is 4. The summed E-state index contributed by atoms with van der Waals surface area (Å²) in [6.45, 7) is 0.434. The van der Waals surface area contributed by atoms with Crippen LogP contribution in [0.3, 0.4) is 0 Å². The molecule has 0 unspecified atom stereocenters. The molecule has 0 spiro atoms. The van der Waals surface area contributed by atoms with Crippen molar-refractivity contribution in [1.29, 1.82) is 5.26 Å². The van der Waals surface area contributed by atoms with Gasteiger partial charge in [0.15, 0.2) is 0 Å². The van der Waals surface area contributed by atoms with E-state index in [-0.39, 0.29) is 4.90 Å². The highest BCUT2D eigenvalue weighted by atomic mass is 32.2. The van der Waals surface area contributed by atoms with Gasteiger partial charge in [-0.3, -0.25) is 0 Å². The fourth-order valence-electron chi connectivity index (χ4n) is 1.84. The fraction of sp³-hybridized carbons (Fsp3) is 0.0714. The van der Waals surface area contributed by atoms with Crippen LogP contribution in [0.5, 0.6) is 0 Å². The standard InChI is InChI=1S/C14H14N4O2S/c15-8-10-2-1-3-11(4-10)9-18-13-5-12(16)6-14(7-13)21(17,19)20/h1-7,18H,9,16H2,(H2,17,19,20). The average molecular weight is 302 g/mol. The highest BCUT2D eigenvalue weighted by Crippen LogP contribution is 2.20. The van der Waals surface area contributed by atoms with Gasteiger partial charge in [0.1, 0.15) is 0 Å². The molecule has 0 heterocycles. The number of hydrogen-bond donors (Lipinski definition) is 3. The SMILES string of the molecule is N#Cc1cccc(CNc2cc(N)cc(S(N)(=O)=O)c2)c1. The van der Waals surface area contributed by atoms with Gasteiger partial charge in [-0.25, -0.2) is 13.6 Å². The third kappa shape index (κ3) is 3.95. The van der Waals surface area contributed by atoms with Gasteiger partial charge >= 0.3 is 0 Å². The van der Waals surface area contributed by atoms with Crippen LogP contribution in [-0.2, 0) is 16.6 Å². The summed E-state index contributed by atoms with van der Waals surface area (Å²) in [6.07, 6.45) is 0. The minimum absolute atomic E-state index is 0.0456. The second-order valence-electron chi connectivity index (χ2n) is 4.50. The minimum Gasteiger partial charge on any atom is -0.399 e. The molecule has 0 amide bonds. The van der Waals surface area contributed by atoms with E-state index >= 15 is 0 Å². The van der Waals surface area contributed by atoms with Crippen molar-refractivity contribution in [2.45, 2.75) is 11.4 Å². The number of benzene rings is 2. The van der Waals surface area contributed by atoms with E-state index in [1.807, 2.05) is 6.07 Å². The van der Waals surface area contributed by atoms with E-state index in [1.165, 1.54) is 12.1 Å². The Morgan fingerprint density at radius 1 is 1.19 bits per heavy atom. The Hall–Kier alpha value is -2.56. The number of nitrogens with two attached hydrogens (primary N) is 2. The van der Waals surface area contributed by atoms with Gasteiger partial charge in [0.2, 0.25) is 10.0 Å². The molecule has 5 N–H and O–H groups in total. The summed E-state index contributed by atoms with van der Waals surface area (Å²) < 4.78 is 22.7. The molecule has 2 aromatic rings. The summed E-state index contributed by atoms with van der Waals surface area (Å²) in [5.41, 5.74) is 7.97. The maximum atomic E-state index is 11.4. The number of anilines is 2. The quantitative estimate of drug-likeness (QED) is 0.737. The third-order valence-electron chi connectivity index (χ3n) is 2.81. The highest BCUT2D eigenvalue weighted by Gasteiger charge is 2.09. The zero-order chi connectivity index (χ0) is 15.5. The molecule has 0 saturated heterocycles. The largest absolute Gasteiger partial charge is 0.399 e. The number of nitrogen functional groups attached to an aromatic ring is 1. The number of nitriles is 1. The Balaban J connectivity index is 2.20. The van der Waals surface area contributed by atoms with Gasteiger partial charge < -0.3 is 11.1 Å². The predicted molar refractivity (Wildman–Crippen MR) is 80.7 cm³/mol. The average Bonchev–Trinajstić information content (AvgIpc) is 2.44. The predicted octanol–water partition coefficient (Wildman–Crippen LogP) is 1.40. The summed E-state index contributed by atoms with van der Waals surface area (Å²) in [5.74, 6) is 0. The van der Waals surface area contributed by atoms with Crippen LogP contribution in [0.25, 0.3) is 0 Å². The summed E-state index contributed by atoms with van der Waals surface area (Å²) in [7, 11) is -3.80. The molecular weight excluding hydrogens is 288 g/mol. The molecule has 0 aromatic heterocycles. The Labute approximate surface area is 123 Å². The van der Waals surface area contributed by atoms with E-state index in [4.69, 9.17) is 16.1 Å². The molecule has 6 nitrogen and oxygen atoms in total. The van der Waals surface area contributed by atoms with Gasteiger partial charge in [0, 0.05) is 17.9 Å². The first-order valence-corrected chi connectivity index (χ1v) is 7.59. The lowest BCUT2D eigenvalue weighted by atomic mass is 10.1. The fourth-order valence-corrected chi connectivity index (χ4v) is 2.43. The van der Waals surface area contributed by atoms with Gasteiger partial charge in [-0.15, -0.1) is 0 Å². The van der Waals surface area contributed by atoms with Crippen LogP contribution in [0.1, 0.15) is 11.1 Å². The monoisotopic (exact) mass is 302 g/mol. The van der Waals surface area contributed by atoms with E-state index in [2.05, 4.69) is 11.4 Å². The van der Waals surface area contributed by atoms with Gasteiger partial charge in [-0.2, -0.15) is 5.26 Å². The van der Waals surface area contributed by atoms with Gasteiger partial charge in [-0.1, -0.05) is 12.1 Å². The van der Waals surface area contributed by atoms with Crippen molar-refractivity contribution in [3.63, 3.8) is 0 Å². The van der Waals surface area contributed by atoms with Gasteiger partial charge in [0.25, 0.3) is 0 Å². The van der Waals surface area contributed by atoms with Crippen LogP contribution in [0.4, 0.5) is 11.4 Å². The Morgan fingerprint density at radius 2 is 1.95 bits per heavy atom. The van der Waals surface area contributed by atoms with Crippen molar-refractivity contribution >= 4 is 21.4 Å². The van der Waals surface area contributed by atoms with E-state index in [0.29, 0.717) is 23.5 Å². The smallest absolute Gasteiger partial charge is 0.238 e. The van der Waals surface area contributed by atoms with Crippen molar-refractivity contribution in [3.05, 3.63) is 53.6 Å². The van der Waals surface area contributed by atoms with Crippen LogP contribution >= 0.6 is 0 Å². The Kier molecular flexibility index (Phi) is 4.12. The molecule has 2 rings (SSSR count). The number of primary sulfonamides is 1. The van der Waals surface area contributed by atoms with Crippen LogP contribution in [0.15, 0.2) is 47.4 Å². The van der Waals surface area contributed by atoms with Gasteiger partial charge in [-0.05, 0) is 35.9 Å². The summed E-state index contributed by atoms with van der Waals surface area (Å²) >= 11 is 0. The molecule has 108 valence electrons. The second kappa shape index (κ2) is 5.83. The summed E-state index contributed by atoms with van der Waals surface area (Å²) in [5, 5.41) is 17.0. The zero-order valence-electron chi connectivity index (χ0n) is 11.1. The first kappa shape index (κ1) is 14.8. The molecule has 21 heavy (non-hydrogen) atoms. The maximum Gasteiger partial charge on any atom is 0.238 e. The second-order valence-corrected chi connectivity index (χ2v) is 6.06. The first-order chi connectivity index (χ1) is 9.88. The molecule has 0 fully saturated rings. The van der Waals surface area contributed by atoms with Crippen LogP contribution in [0.2, 0.25) is 0 Å². The minimum atomic E-state index is -3.80. The van der Waals surface area contributed by atoms with Crippen molar-refractivity contribution < 1.29 is 8.42 Å². The van der Waals surface area contributed by atoms with E-state index < -0.39 is 10.0 Å². The highest BCUT2D eigenvalue weighted by molar-refractivity contribution is 7.89. The molecule has 0 atom stereocenters. The van der Waals surface area contributed by atoms with Crippen LogP contribution < -0.4 is 16.2 Å².